The minimum Gasteiger partial charge on any atom is -0.354 e. The van der Waals surface area contributed by atoms with E-state index in [2.05, 4.69) is 10.4 Å². The molecule has 20 heavy (non-hydrogen) atoms. The first-order valence-electron chi connectivity index (χ1n) is 6.67. The summed E-state index contributed by atoms with van der Waals surface area (Å²) < 4.78 is 26.0. The van der Waals surface area contributed by atoms with Gasteiger partial charge in [-0.3, -0.25) is 9.48 Å². The minimum atomic E-state index is -3.13. The molecule has 0 aliphatic carbocycles. The minimum absolute atomic E-state index is 0.00491. The van der Waals surface area contributed by atoms with Crippen molar-refractivity contribution in [2.45, 2.75) is 19.4 Å². The molecule has 8 heteroatoms. The zero-order chi connectivity index (χ0) is 14.6. The number of carbonyl (C=O) groups is 1. The van der Waals surface area contributed by atoms with Gasteiger partial charge in [0.2, 0.25) is 15.9 Å². The van der Waals surface area contributed by atoms with Crippen LogP contribution in [0.4, 0.5) is 0 Å². The fourth-order valence-electron chi connectivity index (χ4n) is 2.32. The van der Waals surface area contributed by atoms with Crippen LogP contribution in [0.3, 0.4) is 0 Å². The lowest BCUT2D eigenvalue weighted by molar-refractivity contribution is -0.126. The van der Waals surface area contributed by atoms with E-state index >= 15 is 0 Å². The molecule has 1 fully saturated rings. The Bertz CT molecular complexity index is 533. The van der Waals surface area contributed by atoms with E-state index in [0.29, 0.717) is 39.0 Å². The molecule has 2 rings (SSSR count). The van der Waals surface area contributed by atoms with Crippen LogP contribution in [0.15, 0.2) is 18.5 Å². The highest BCUT2D eigenvalue weighted by atomic mass is 32.2. The molecule has 1 aliphatic rings. The maximum atomic E-state index is 12.0. The Kier molecular flexibility index (Phi) is 4.77. The first-order valence-corrected chi connectivity index (χ1v) is 8.52. The van der Waals surface area contributed by atoms with Crippen molar-refractivity contribution in [3.63, 3.8) is 0 Å². The van der Waals surface area contributed by atoms with Crippen molar-refractivity contribution in [1.29, 1.82) is 0 Å². The van der Waals surface area contributed by atoms with E-state index in [4.69, 9.17) is 0 Å². The monoisotopic (exact) mass is 300 g/mol. The van der Waals surface area contributed by atoms with E-state index in [-0.39, 0.29) is 11.8 Å². The number of rotatable bonds is 5. The van der Waals surface area contributed by atoms with Crippen molar-refractivity contribution >= 4 is 15.9 Å². The molecule has 1 N–H and O–H groups in total. The van der Waals surface area contributed by atoms with Gasteiger partial charge in [-0.15, -0.1) is 0 Å². The molecule has 0 saturated carbocycles. The van der Waals surface area contributed by atoms with E-state index < -0.39 is 10.0 Å². The van der Waals surface area contributed by atoms with Crippen LogP contribution in [-0.2, 0) is 21.4 Å². The molecule has 112 valence electrons. The van der Waals surface area contributed by atoms with Crippen LogP contribution in [0, 0.1) is 5.92 Å². The second kappa shape index (κ2) is 6.36. The average molecular weight is 300 g/mol. The summed E-state index contributed by atoms with van der Waals surface area (Å²) in [5, 5.41) is 6.93. The number of nitrogens with one attached hydrogen (secondary N) is 1. The van der Waals surface area contributed by atoms with Crippen molar-refractivity contribution in [1.82, 2.24) is 19.4 Å². The third-order valence-corrected chi connectivity index (χ3v) is 4.80. The molecule has 0 unspecified atom stereocenters. The maximum Gasteiger partial charge on any atom is 0.223 e. The maximum absolute atomic E-state index is 12.0. The van der Waals surface area contributed by atoms with Gasteiger partial charge in [0.1, 0.15) is 0 Å². The van der Waals surface area contributed by atoms with Crippen LogP contribution >= 0.6 is 0 Å². The van der Waals surface area contributed by atoms with Crippen molar-refractivity contribution in [3.8, 4) is 0 Å². The second-order valence-electron chi connectivity index (χ2n) is 5.00. The van der Waals surface area contributed by atoms with Gasteiger partial charge >= 0.3 is 0 Å². The molecule has 2 heterocycles. The number of sulfonamides is 1. The molecule has 1 aromatic rings. The van der Waals surface area contributed by atoms with Crippen LogP contribution in [0.1, 0.15) is 12.8 Å². The predicted octanol–water partition coefficient (Wildman–Crippen LogP) is -0.329. The summed E-state index contributed by atoms with van der Waals surface area (Å²) in [6.07, 6.45) is 5.91. The van der Waals surface area contributed by atoms with Crippen LogP contribution in [-0.4, -0.2) is 54.3 Å². The molecule has 1 amide bonds. The SMILES string of the molecule is CS(=O)(=O)N1CCC(C(=O)NCCn2cccn2)CC1. The van der Waals surface area contributed by atoms with E-state index in [1.807, 2.05) is 12.3 Å². The van der Waals surface area contributed by atoms with E-state index in [1.165, 1.54) is 10.6 Å². The Balaban J connectivity index is 1.72. The normalized spacial score (nSPS) is 18.1. The van der Waals surface area contributed by atoms with Crippen LogP contribution in [0.25, 0.3) is 0 Å². The summed E-state index contributed by atoms with van der Waals surface area (Å²) in [6, 6.07) is 1.84. The molecule has 0 spiro atoms. The first-order chi connectivity index (χ1) is 9.47. The van der Waals surface area contributed by atoms with E-state index in [0.717, 1.165) is 0 Å². The van der Waals surface area contributed by atoms with Crippen LogP contribution in [0.2, 0.25) is 0 Å². The second-order valence-corrected chi connectivity index (χ2v) is 6.98. The summed E-state index contributed by atoms with van der Waals surface area (Å²) in [6.45, 7) is 2.03. The number of aromatic nitrogens is 2. The lowest BCUT2D eigenvalue weighted by atomic mass is 9.97. The van der Waals surface area contributed by atoms with Gasteiger partial charge in [0, 0.05) is 37.9 Å². The highest BCUT2D eigenvalue weighted by molar-refractivity contribution is 7.88. The Morgan fingerprint density at radius 3 is 2.65 bits per heavy atom. The third-order valence-electron chi connectivity index (χ3n) is 3.49. The fraction of sp³-hybridized carbons (Fsp3) is 0.667. The molecule has 0 bridgehead atoms. The van der Waals surface area contributed by atoms with Gasteiger partial charge in [0.05, 0.1) is 12.8 Å². The largest absolute Gasteiger partial charge is 0.354 e. The van der Waals surface area contributed by atoms with Gasteiger partial charge in [-0.05, 0) is 18.9 Å². The van der Waals surface area contributed by atoms with Crippen LogP contribution < -0.4 is 5.32 Å². The quantitative estimate of drug-likeness (QED) is 0.807. The summed E-state index contributed by atoms with van der Waals surface area (Å²) >= 11 is 0. The van der Waals surface area contributed by atoms with Crippen molar-refractivity contribution < 1.29 is 13.2 Å². The summed E-state index contributed by atoms with van der Waals surface area (Å²) in [5.74, 6) is -0.0871. The molecule has 0 atom stereocenters. The molecule has 1 aromatic heterocycles. The van der Waals surface area contributed by atoms with Crippen LogP contribution in [0.5, 0.6) is 0 Å². The molecule has 0 aromatic carbocycles. The smallest absolute Gasteiger partial charge is 0.223 e. The highest BCUT2D eigenvalue weighted by Gasteiger charge is 2.28. The van der Waals surface area contributed by atoms with Gasteiger partial charge in [-0.2, -0.15) is 5.10 Å². The molecule has 7 nitrogen and oxygen atoms in total. The van der Waals surface area contributed by atoms with Gasteiger partial charge in [-0.1, -0.05) is 0 Å². The van der Waals surface area contributed by atoms with Gasteiger partial charge in [0.25, 0.3) is 0 Å². The lowest BCUT2D eigenvalue weighted by Gasteiger charge is -2.29. The summed E-state index contributed by atoms with van der Waals surface area (Å²) in [4.78, 5) is 12.0. The molecular weight excluding hydrogens is 280 g/mol. The van der Waals surface area contributed by atoms with Gasteiger partial charge in [0.15, 0.2) is 0 Å². The Hall–Kier alpha value is -1.41. The molecule has 0 radical (unpaired) electrons. The third kappa shape index (κ3) is 4.04. The molecule has 1 aliphatic heterocycles. The van der Waals surface area contributed by atoms with Crippen molar-refractivity contribution in [2.24, 2.45) is 5.92 Å². The number of amides is 1. The van der Waals surface area contributed by atoms with Crippen molar-refractivity contribution in [2.75, 3.05) is 25.9 Å². The fourth-order valence-corrected chi connectivity index (χ4v) is 3.19. The zero-order valence-corrected chi connectivity index (χ0v) is 12.3. The molecular formula is C12H20N4O3S. The first kappa shape index (κ1) is 15.0. The van der Waals surface area contributed by atoms with E-state index in [9.17, 15) is 13.2 Å². The van der Waals surface area contributed by atoms with E-state index in [1.54, 1.807) is 10.9 Å². The number of carbonyl (C=O) groups excluding carboxylic acids is 1. The lowest BCUT2D eigenvalue weighted by Crippen LogP contribution is -2.43. The molecule has 1 saturated heterocycles. The Morgan fingerprint density at radius 1 is 1.40 bits per heavy atom. The summed E-state index contributed by atoms with van der Waals surface area (Å²) in [5.41, 5.74) is 0. The predicted molar refractivity (Wildman–Crippen MR) is 74.4 cm³/mol. The number of hydrogen-bond acceptors (Lipinski definition) is 4. The average Bonchev–Trinajstić information content (AvgIpc) is 2.91. The standard InChI is InChI=1S/C12H20N4O3S/c1-20(18,19)16-8-3-11(4-9-16)12(17)13-6-10-15-7-2-5-14-15/h2,5,7,11H,3-4,6,8-10H2,1H3,(H,13,17). The Labute approximate surface area is 119 Å². The Morgan fingerprint density at radius 2 is 2.10 bits per heavy atom. The number of hydrogen-bond donors (Lipinski definition) is 1. The van der Waals surface area contributed by atoms with Crippen molar-refractivity contribution in [3.05, 3.63) is 18.5 Å². The number of nitrogens with zero attached hydrogens (tertiary/aromatic N) is 3. The topological polar surface area (TPSA) is 84.3 Å². The van der Waals surface area contributed by atoms with Gasteiger partial charge < -0.3 is 5.32 Å². The summed E-state index contributed by atoms with van der Waals surface area (Å²) in [7, 11) is -3.13. The highest BCUT2D eigenvalue weighted by Crippen LogP contribution is 2.19. The zero-order valence-electron chi connectivity index (χ0n) is 11.5. The van der Waals surface area contributed by atoms with Gasteiger partial charge in [-0.25, -0.2) is 12.7 Å². The number of piperidine rings is 1.